The van der Waals surface area contributed by atoms with E-state index in [2.05, 4.69) is 11.8 Å². The number of β-amino-alcohol motifs (C(OH)–C–C–N with tert-alkyl or cyclic N) is 1. The van der Waals surface area contributed by atoms with Gasteiger partial charge in [-0.2, -0.15) is 0 Å². The highest BCUT2D eigenvalue weighted by Crippen LogP contribution is 2.21. The SMILES string of the molecule is CCCCOCC(O)CN1CCCCC1CC(C)O. The molecule has 1 rings (SSSR count). The van der Waals surface area contributed by atoms with E-state index < -0.39 is 6.10 Å². The van der Waals surface area contributed by atoms with Gasteiger partial charge in [0, 0.05) is 19.2 Å². The van der Waals surface area contributed by atoms with Crippen LogP contribution in [0.1, 0.15) is 52.4 Å². The average Bonchev–Trinajstić information content (AvgIpc) is 2.36. The largest absolute Gasteiger partial charge is 0.393 e. The number of aliphatic hydroxyl groups is 2. The van der Waals surface area contributed by atoms with Crippen LogP contribution in [0.15, 0.2) is 0 Å². The topological polar surface area (TPSA) is 52.9 Å². The Bertz CT molecular complexity index is 223. The van der Waals surface area contributed by atoms with Gasteiger partial charge in [0.1, 0.15) is 0 Å². The molecule has 0 saturated carbocycles. The molecule has 0 aromatic heterocycles. The van der Waals surface area contributed by atoms with E-state index >= 15 is 0 Å². The third-order valence-electron chi connectivity index (χ3n) is 3.76. The van der Waals surface area contributed by atoms with Crippen molar-refractivity contribution in [2.24, 2.45) is 0 Å². The van der Waals surface area contributed by atoms with Crippen LogP contribution in [0.4, 0.5) is 0 Å². The maximum absolute atomic E-state index is 10.0. The minimum Gasteiger partial charge on any atom is -0.393 e. The summed E-state index contributed by atoms with van der Waals surface area (Å²) in [5, 5.41) is 19.6. The molecule has 0 spiro atoms. The Labute approximate surface area is 117 Å². The number of hydrogen-bond donors (Lipinski definition) is 2. The van der Waals surface area contributed by atoms with Gasteiger partial charge >= 0.3 is 0 Å². The molecule has 0 bridgehead atoms. The number of hydrogen-bond acceptors (Lipinski definition) is 4. The fourth-order valence-electron chi connectivity index (χ4n) is 2.75. The van der Waals surface area contributed by atoms with Crippen LogP contribution >= 0.6 is 0 Å². The highest BCUT2D eigenvalue weighted by molar-refractivity contribution is 4.80. The molecule has 0 aromatic carbocycles. The monoisotopic (exact) mass is 273 g/mol. The zero-order valence-electron chi connectivity index (χ0n) is 12.6. The minimum atomic E-state index is -0.411. The van der Waals surface area contributed by atoms with Crippen LogP contribution in [0, 0.1) is 0 Å². The first kappa shape index (κ1) is 16.9. The summed E-state index contributed by atoms with van der Waals surface area (Å²) in [5.74, 6) is 0. The molecular formula is C15H31NO3. The lowest BCUT2D eigenvalue weighted by Gasteiger charge is -2.37. The van der Waals surface area contributed by atoms with Gasteiger partial charge in [-0.1, -0.05) is 19.8 Å². The molecule has 1 saturated heterocycles. The smallest absolute Gasteiger partial charge is 0.0900 e. The van der Waals surface area contributed by atoms with Crippen LogP contribution < -0.4 is 0 Å². The summed E-state index contributed by atoms with van der Waals surface area (Å²) >= 11 is 0. The third-order valence-corrected chi connectivity index (χ3v) is 3.76. The van der Waals surface area contributed by atoms with Crippen molar-refractivity contribution >= 4 is 0 Å². The fourth-order valence-corrected chi connectivity index (χ4v) is 2.75. The van der Waals surface area contributed by atoms with Crippen molar-refractivity contribution in [1.82, 2.24) is 4.90 Å². The van der Waals surface area contributed by atoms with Crippen LogP contribution in [0.2, 0.25) is 0 Å². The van der Waals surface area contributed by atoms with Gasteiger partial charge in [-0.25, -0.2) is 0 Å². The summed E-state index contributed by atoms with van der Waals surface area (Å²) in [7, 11) is 0. The van der Waals surface area contributed by atoms with Crippen molar-refractivity contribution in [2.75, 3.05) is 26.3 Å². The number of piperidine rings is 1. The summed E-state index contributed by atoms with van der Waals surface area (Å²) in [6.07, 6.45) is 5.88. The molecule has 2 N–H and O–H groups in total. The molecule has 19 heavy (non-hydrogen) atoms. The molecule has 0 radical (unpaired) electrons. The summed E-state index contributed by atoms with van der Waals surface area (Å²) < 4.78 is 5.47. The van der Waals surface area contributed by atoms with Gasteiger partial charge in [-0.15, -0.1) is 0 Å². The second-order valence-corrected chi connectivity index (χ2v) is 5.81. The normalized spacial score (nSPS) is 24.3. The average molecular weight is 273 g/mol. The van der Waals surface area contributed by atoms with E-state index in [9.17, 15) is 10.2 Å². The van der Waals surface area contributed by atoms with Crippen molar-refractivity contribution in [1.29, 1.82) is 0 Å². The molecule has 114 valence electrons. The van der Waals surface area contributed by atoms with E-state index in [0.717, 1.165) is 38.8 Å². The van der Waals surface area contributed by atoms with E-state index in [4.69, 9.17) is 4.74 Å². The van der Waals surface area contributed by atoms with Crippen LogP contribution in [0.5, 0.6) is 0 Å². The Kier molecular flexibility index (Phi) is 8.62. The first-order valence-electron chi connectivity index (χ1n) is 7.81. The molecule has 0 aliphatic carbocycles. The second kappa shape index (κ2) is 9.70. The van der Waals surface area contributed by atoms with Crippen LogP contribution in [0.25, 0.3) is 0 Å². The molecule has 1 heterocycles. The van der Waals surface area contributed by atoms with Crippen molar-refractivity contribution in [3.05, 3.63) is 0 Å². The summed E-state index contributed by atoms with van der Waals surface area (Å²) in [5.41, 5.74) is 0. The second-order valence-electron chi connectivity index (χ2n) is 5.81. The van der Waals surface area contributed by atoms with Gasteiger partial charge in [0.05, 0.1) is 18.8 Å². The summed E-state index contributed by atoms with van der Waals surface area (Å²) in [6, 6.07) is 0.416. The summed E-state index contributed by atoms with van der Waals surface area (Å²) in [4.78, 5) is 2.32. The third kappa shape index (κ3) is 7.25. The van der Waals surface area contributed by atoms with Crippen molar-refractivity contribution < 1.29 is 14.9 Å². The van der Waals surface area contributed by atoms with E-state index in [1.165, 1.54) is 12.8 Å². The minimum absolute atomic E-state index is 0.261. The number of ether oxygens (including phenoxy) is 1. The van der Waals surface area contributed by atoms with E-state index in [0.29, 0.717) is 19.2 Å². The maximum Gasteiger partial charge on any atom is 0.0900 e. The summed E-state index contributed by atoms with van der Waals surface area (Å²) in [6.45, 7) is 6.85. The maximum atomic E-state index is 10.0. The molecule has 4 nitrogen and oxygen atoms in total. The first-order valence-corrected chi connectivity index (χ1v) is 7.81. The van der Waals surface area contributed by atoms with Crippen molar-refractivity contribution in [3.8, 4) is 0 Å². The first-order chi connectivity index (χ1) is 9.13. The van der Waals surface area contributed by atoms with Crippen LogP contribution in [-0.2, 0) is 4.74 Å². The standard InChI is InChI=1S/C15H31NO3/c1-3-4-9-19-12-15(18)11-16-8-6-5-7-14(16)10-13(2)17/h13-15,17-18H,3-12H2,1-2H3. The van der Waals surface area contributed by atoms with Gasteiger partial charge in [0.15, 0.2) is 0 Å². The fraction of sp³-hybridized carbons (Fsp3) is 1.00. The number of rotatable bonds is 9. The van der Waals surface area contributed by atoms with E-state index in [1.54, 1.807) is 0 Å². The number of likely N-dealkylation sites (tertiary alicyclic amines) is 1. The number of nitrogens with zero attached hydrogens (tertiary/aromatic N) is 1. The molecule has 4 heteroatoms. The Hall–Kier alpha value is -0.160. The molecule has 1 aliphatic rings. The zero-order valence-corrected chi connectivity index (χ0v) is 12.6. The molecule has 3 atom stereocenters. The number of unbranched alkanes of at least 4 members (excludes halogenated alkanes) is 1. The Morgan fingerprint density at radius 2 is 2.11 bits per heavy atom. The van der Waals surface area contributed by atoms with Gasteiger partial charge in [-0.05, 0) is 39.2 Å². The number of aliphatic hydroxyl groups excluding tert-OH is 2. The van der Waals surface area contributed by atoms with Gasteiger partial charge in [0.25, 0.3) is 0 Å². The quantitative estimate of drug-likeness (QED) is 0.629. The predicted octanol–water partition coefficient (Wildman–Crippen LogP) is 1.79. The highest BCUT2D eigenvalue weighted by atomic mass is 16.5. The predicted molar refractivity (Wildman–Crippen MR) is 77.2 cm³/mol. The van der Waals surface area contributed by atoms with E-state index in [-0.39, 0.29) is 6.10 Å². The van der Waals surface area contributed by atoms with Gasteiger partial charge < -0.3 is 14.9 Å². The van der Waals surface area contributed by atoms with Crippen molar-refractivity contribution in [2.45, 2.75) is 70.6 Å². The molecule has 0 amide bonds. The van der Waals surface area contributed by atoms with Gasteiger partial charge in [-0.3, -0.25) is 4.90 Å². The van der Waals surface area contributed by atoms with Crippen LogP contribution in [0.3, 0.4) is 0 Å². The van der Waals surface area contributed by atoms with Crippen LogP contribution in [-0.4, -0.2) is 59.7 Å². The molecule has 1 fully saturated rings. The zero-order chi connectivity index (χ0) is 14.1. The molecular weight excluding hydrogens is 242 g/mol. The molecule has 3 unspecified atom stereocenters. The molecule has 1 aliphatic heterocycles. The van der Waals surface area contributed by atoms with E-state index in [1.807, 2.05) is 6.92 Å². The highest BCUT2D eigenvalue weighted by Gasteiger charge is 2.25. The lowest BCUT2D eigenvalue weighted by Crippen LogP contribution is -2.45. The lowest BCUT2D eigenvalue weighted by atomic mass is 9.97. The molecule has 0 aromatic rings. The Morgan fingerprint density at radius 1 is 1.32 bits per heavy atom. The van der Waals surface area contributed by atoms with Crippen molar-refractivity contribution in [3.63, 3.8) is 0 Å². The Morgan fingerprint density at radius 3 is 2.79 bits per heavy atom. The Balaban J connectivity index is 2.26. The van der Waals surface area contributed by atoms with Gasteiger partial charge in [0.2, 0.25) is 0 Å². The lowest BCUT2D eigenvalue weighted by molar-refractivity contribution is -0.00505.